The lowest BCUT2D eigenvalue weighted by molar-refractivity contribution is 0.0527. The van der Waals surface area contributed by atoms with Crippen molar-refractivity contribution in [3.63, 3.8) is 0 Å². The molecular weight excluding hydrogens is 416 g/mol. The van der Waals surface area contributed by atoms with Crippen LogP contribution < -0.4 is 5.32 Å². The first-order valence-corrected chi connectivity index (χ1v) is 10.6. The number of anilines is 1. The Morgan fingerprint density at radius 3 is 2.71 bits per heavy atom. The molecule has 0 saturated heterocycles. The summed E-state index contributed by atoms with van der Waals surface area (Å²) in [6, 6.07) is 3.44. The lowest BCUT2D eigenvalue weighted by Crippen LogP contribution is -2.15. The van der Waals surface area contributed by atoms with E-state index in [0.717, 1.165) is 27.4 Å². The lowest BCUT2D eigenvalue weighted by atomic mass is 10.1. The second-order valence-electron chi connectivity index (χ2n) is 7.06. The molecule has 31 heavy (non-hydrogen) atoms. The van der Waals surface area contributed by atoms with E-state index in [4.69, 9.17) is 4.74 Å². The number of esters is 1. The van der Waals surface area contributed by atoms with Gasteiger partial charge in [-0.25, -0.2) is 14.3 Å². The molecule has 4 rings (SSSR count). The largest absolute Gasteiger partial charge is 0.462 e. The van der Waals surface area contributed by atoms with E-state index in [9.17, 15) is 9.59 Å². The number of carbonyl (C=O) groups excluding carboxylic acids is 2. The summed E-state index contributed by atoms with van der Waals surface area (Å²) in [5, 5.41) is 12.0. The Bertz CT molecular complexity index is 1320. The third-order valence-electron chi connectivity index (χ3n) is 5.19. The minimum absolute atomic E-state index is 0.194. The standard InChI is InChI=1S/C21H22N6O3S/c1-6-30-21(29)18-11(2)13(4)31-20(18)24-19(28)15-9-17-22-8-7-16(27(17)25-15)14-10-23-26(5)12(14)3/h7-10H,6H2,1-5H3,(H,24,28). The number of hydrogen-bond donors (Lipinski definition) is 1. The SMILES string of the molecule is CCOC(=O)c1c(NC(=O)c2cc3nccc(-c4cnn(C)c4C)n3n2)sc(C)c1C. The second kappa shape index (κ2) is 7.95. The van der Waals surface area contributed by atoms with Crippen LogP contribution in [-0.4, -0.2) is 42.9 Å². The van der Waals surface area contributed by atoms with Gasteiger partial charge in [0.2, 0.25) is 0 Å². The van der Waals surface area contributed by atoms with Crippen molar-refractivity contribution in [3.05, 3.63) is 51.9 Å². The molecule has 0 aliphatic carbocycles. The van der Waals surface area contributed by atoms with Gasteiger partial charge in [-0.1, -0.05) is 0 Å². The van der Waals surface area contributed by atoms with Crippen LogP contribution in [0.1, 0.15) is 43.9 Å². The predicted octanol–water partition coefficient (Wildman–Crippen LogP) is 3.55. The predicted molar refractivity (Wildman–Crippen MR) is 118 cm³/mol. The van der Waals surface area contributed by atoms with Crippen LogP contribution in [0.15, 0.2) is 24.5 Å². The molecule has 0 aliphatic heterocycles. The van der Waals surface area contributed by atoms with Crippen molar-refractivity contribution in [1.29, 1.82) is 0 Å². The monoisotopic (exact) mass is 438 g/mol. The van der Waals surface area contributed by atoms with Crippen molar-refractivity contribution in [2.45, 2.75) is 27.7 Å². The molecule has 10 heteroatoms. The highest BCUT2D eigenvalue weighted by atomic mass is 32.1. The molecule has 0 atom stereocenters. The van der Waals surface area contributed by atoms with Crippen LogP contribution in [0.4, 0.5) is 5.00 Å². The van der Waals surface area contributed by atoms with Crippen LogP contribution in [0.3, 0.4) is 0 Å². The van der Waals surface area contributed by atoms with E-state index in [1.807, 2.05) is 33.9 Å². The Balaban J connectivity index is 1.70. The fourth-order valence-electron chi connectivity index (χ4n) is 3.29. The number of thiophene rings is 1. The summed E-state index contributed by atoms with van der Waals surface area (Å²) in [7, 11) is 1.87. The normalized spacial score (nSPS) is 11.1. The number of aryl methyl sites for hydroxylation is 2. The summed E-state index contributed by atoms with van der Waals surface area (Å²) < 4.78 is 8.55. The van der Waals surface area contributed by atoms with Gasteiger partial charge in [-0.2, -0.15) is 10.2 Å². The van der Waals surface area contributed by atoms with E-state index in [-0.39, 0.29) is 12.3 Å². The van der Waals surface area contributed by atoms with E-state index in [0.29, 0.717) is 16.2 Å². The van der Waals surface area contributed by atoms with Gasteiger partial charge >= 0.3 is 5.97 Å². The fourth-order valence-corrected chi connectivity index (χ4v) is 4.34. The van der Waals surface area contributed by atoms with Crippen LogP contribution in [-0.2, 0) is 11.8 Å². The van der Waals surface area contributed by atoms with Crippen molar-refractivity contribution >= 4 is 33.9 Å². The molecule has 1 amide bonds. The Morgan fingerprint density at radius 2 is 2.03 bits per heavy atom. The third-order valence-corrected chi connectivity index (χ3v) is 6.32. The van der Waals surface area contributed by atoms with Crippen LogP contribution in [0.5, 0.6) is 0 Å². The molecule has 0 saturated carbocycles. The molecule has 0 unspecified atom stereocenters. The van der Waals surface area contributed by atoms with Crippen molar-refractivity contribution in [1.82, 2.24) is 24.4 Å². The average Bonchev–Trinajstić information content (AvgIpc) is 3.39. The van der Waals surface area contributed by atoms with Crippen molar-refractivity contribution in [2.24, 2.45) is 7.05 Å². The maximum atomic E-state index is 13.0. The molecule has 1 N–H and O–H groups in total. The van der Waals surface area contributed by atoms with Gasteiger partial charge in [-0.15, -0.1) is 11.3 Å². The average molecular weight is 439 g/mol. The van der Waals surface area contributed by atoms with Gasteiger partial charge in [0.25, 0.3) is 5.91 Å². The van der Waals surface area contributed by atoms with Crippen molar-refractivity contribution < 1.29 is 14.3 Å². The number of aromatic nitrogens is 5. The Labute approximate surface area is 182 Å². The van der Waals surface area contributed by atoms with Gasteiger partial charge in [0, 0.05) is 35.4 Å². The number of nitrogens with one attached hydrogen (secondary N) is 1. The molecule has 0 bridgehead atoms. The Morgan fingerprint density at radius 1 is 1.26 bits per heavy atom. The smallest absolute Gasteiger partial charge is 0.341 e. The molecule has 4 aromatic rings. The summed E-state index contributed by atoms with van der Waals surface area (Å²) in [5.41, 5.74) is 4.56. The summed E-state index contributed by atoms with van der Waals surface area (Å²) >= 11 is 1.34. The number of hydrogen-bond acceptors (Lipinski definition) is 7. The molecule has 0 spiro atoms. The minimum atomic E-state index is -0.453. The van der Waals surface area contributed by atoms with E-state index < -0.39 is 11.9 Å². The van der Waals surface area contributed by atoms with Crippen LogP contribution in [0.2, 0.25) is 0 Å². The molecule has 0 aromatic carbocycles. The maximum Gasteiger partial charge on any atom is 0.341 e. The summed E-state index contributed by atoms with van der Waals surface area (Å²) in [6.45, 7) is 7.70. The minimum Gasteiger partial charge on any atom is -0.462 e. The lowest BCUT2D eigenvalue weighted by Gasteiger charge is -2.06. The van der Waals surface area contributed by atoms with Crippen LogP contribution in [0.25, 0.3) is 16.9 Å². The molecule has 0 aliphatic rings. The van der Waals surface area contributed by atoms with Gasteiger partial charge in [-0.05, 0) is 39.3 Å². The third kappa shape index (κ3) is 3.59. The van der Waals surface area contributed by atoms with Gasteiger partial charge in [-0.3, -0.25) is 9.48 Å². The van der Waals surface area contributed by atoms with Crippen LogP contribution >= 0.6 is 11.3 Å². The zero-order chi connectivity index (χ0) is 22.3. The van der Waals surface area contributed by atoms with Crippen molar-refractivity contribution in [3.8, 4) is 11.3 Å². The molecule has 4 aromatic heterocycles. The first-order valence-electron chi connectivity index (χ1n) is 9.74. The molecule has 0 radical (unpaired) electrons. The van der Waals surface area contributed by atoms with E-state index in [1.165, 1.54) is 11.3 Å². The van der Waals surface area contributed by atoms with Crippen molar-refractivity contribution in [2.75, 3.05) is 11.9 Å². The first-order chi connectivity index (χ1) is 14.8. The molecule has 0 fully saturated rings. The van der Waals surface area contributed by atoms with E-state index >= 15 is 0 Å². The second-order valence-corrected chi connectivity index (χ2v) is 8.28. The molecule has 9 nitrogen and oxygen atoms in total. The highest BCUT2D eigenvalue weighted by molar-refractivity contribution is 7.16. The van der Waals surface area contributed by atoms with Gasteiger partial charge in [0.1, 0.15) is 5.00 Å². The van der Waals surface area contributed by atoms with Crippen LogP contribution in [0, 0.1) is 20.8 Å². The summed E-state index contributed by atoms with van der Waals surface area (Å²) in [4.78, 5) is 30.6. The van der Waals surface area contributed by atoms with E-state index in [1.54, 1.807) is 34.6 Å². The fraction of sp³-hybridized carbons (Fsp3) is 0.286. The van der Waals surface area contributed by atoms with Gasteiger partial charge in [0.05, 0.1) is 24.1 Å². The number of rotatable bonds is 5. The summed E-state index contributed by atoms with van der Waals surface area (Å²) in [6.07, 6.45) is 3.43. The molecule has 4 heterocycles. The summed E-state index contributed by atoms with van der Waals surface area (Å²) in [5.74, 6) is -0.878. The quantitative estimate of drug-likeness (QED) is 0.478. The zero-order valence-corrected chi connectivity index (χ0v) is 18.7. The number of nitrogens with zero attached hydrogens (tertiary/aromatic N) is 5. The zero-order valence-electron chi connectivity index (χ0n) is 17.9. The molecule has 160 valence electrons. The van der Waals surface area contributed by atoms with Gasteiger partial charge < -0.3 is 10.1 Å². The Hall–Kier alpha value is -3.53. The highest BCUT2D eigenvalue weighted by Gasteiger charge is 2.24. The number of carbonyl (C=O) groups is 2. The number of amides is 1. The van der Waals surface area contributed by atoms with Gasteiger partial charge in [0.15, 0.2) is 11.3 Å². The topological polar surface area (TPSA) is 103 Å². The maximum absolute atomic E-state index is 13.0. The number of ether oxygens (including phenoxy) is 1. The Kier molecular flexibility index (Phi) is 5.32. The highest BCUT2D eigenvalue weighted by Crippen LogP contribution is 2.33. The molecular formula is C21H22N6O3S. The number of fused-ring (bicyclic) bond motifs is 1. The van der Waals surface area contributed by atoms with E-state index in [2.05, 4.69) is 20.5 Å². The first kappa shape index (κ1) is 20.7.